The van der Waals surface area contributed by atoms with Crippen LogP contribution in [0.25, 0.3) is 0 Å². The van der Waals surface area contributed by atoms with E-state index in [2.05, 4.69) is 0 Å². The molecule has 0 saturated heterocycles. The molecule has 4 heteroatoms. The Morgan fingerprint density at radius 2 is 2.00 bits per heavy atom. The minimum atomic E-state index is -2.28. The molecule has 0 fully saturated rings. The molecule has 0 radical (unpaired) electrons. The van der Waals surface area contributed by atoms with Gasteiger partial charge in [0.2, 0.25) is 0 Å². The van der Waals surface area contributed by atoms with Gasteiger partial charge in [0, 0.05) is 6.08 Å². The molecule has 0 aromatic heterocycles. The number of hydrogen-bond donors (Lipinski definition) is 1. The van der Waals surface area contributed by atoms with E-state index in [1.807, 2.05) is 0 Å². The minimum Gasteiger partial charge on any atom is -0.478 e. The molecule has 0 aromatic carbocycles. The van der Waals surface area contributed by atoms with Gasteiger partial charge < -0.3 is 9.67 Å². The van der Waals surface area contributed by atoms with Gasteiger partial charge in [-0.1, -0.05) is 0 Å². The average molecular weight is 148 g/mol. The molecule has 0 rings (SSSR count). The van der Waals surface area contributed by atoms with Gasteiger partial charge in [0.05, 0.1) is 0 Å². The lowest BCUT2D eigenvalue weighted by Crippen LogP contribution is -1.85. The normalized spacial score (nSPS) is 12.2. The Labute approximate surface area is 53.8 Å². The largest absolute Gasteiger partial charge is 0.478 e. The SMILES string of the molecule is CP(C)(=O)C=CC(=O)O. The zero-order valence-corrected chi connectivity index (χ0v) is 6.26. The summed E-state index contributed by atoms with van der Waals surface area (Å²) in [5.74, 6) is 0.161. The molecular weight excluding hydrogens is 139 g/mol. The Balaban J connectivity index is 4.02. The molecule has 0 aliphatic heterocycles. The first-order valence-corrected chi connectivity index (χ1v) is 5.06. The van der Waals surface area contributed by atoms with Crippen molar-refractivity contribution in [3.63, 3.8) is 0 Å². The summed E-state index contributed by atoms with van der Waals surface area (Å²) < 4.78 is 10.8. The van der Waals surface area contributed by atoms with E-state index in [4.69, 9.17) is 5.11 Å². The molecular formula is C5H9O3P. The van der Waals surface area contributed by atoms with Crippen LogP contribution in [0.2, 0.25) is 0 Å². The van der Waals surface area contributed by atoms with Gasteiger partial charge in [0.15, 0.2) is 0 Å². The Kier molecular flexibility index (Phi) is 2.65. The fourth-order valence-electron chi connectivity index (χ4n) is 0.243. The summed E-state index contributed by atoms with van der Waals surface area (Å²) in [5.41, 5.74) is 0. The fraction of sp³-hybridized carbons (Fsp3) is 0.400. The van der Waals surface area contributed by atoms with Crippen LogP contribution in [0, 0.1) is 0 Å². The van der Waals surface area contributed by atoms with Gasteiger partial charge >= 0.3 is 5.97 Å². The summed E-state index contributed by atoms with van der Waals surface area (Å²) in [4.78, 5) is 9.84. The molecule has 0 spiro atoms. The first-order valence-electron chi connectivity index (χ1n) is 2.38. The Bertz CT molecular complexity index is 177. The van der Waals surface area contributed by atoms with Gasteiger partial charge in [-0.2, -0.15) is 0 Å². The standard InChI is InChI=1S/C5H9O3P/c1-9(2,8)4-3-5(6)7/h3-4H,1-2H3,(H,6,7). The van der Waals surface area contributed by atoms with E-state index in [0.29, 0.717) is 0 Å². The lowest BCUT2D eigenvalue weighted by molar-refractivity contribution is -0.131. The number of rotatable bonds is 2. The summed E-state index contributed by atoms with van der Waals surface area (Å²) in [5, 5.41) is 8.07. The topological polar surface area (TPSA) is 54.4 Å². The summed E-state index contributed by atoms with van der Waals surface area (Å²) in [6.07, 6.45) is 0.904. The van der Waals surface area contributed by atoms with E-state index < -0.39 is 13.1 Å². The van der Waals surface area contributed by atoms with Crippen LogP contribution in [0.1, 0.15) is 0 Å². The second-order valence-electron chi connectivity index (χ2n) is 2.09. The maximum Gasteiger partial charge on any atom is 0.328 e. The van der Waals surface area contributed by atoms with Gasteiger partial charge in [-0.15, -0.1) is 0 Å². The van der Waals surface area contributed by atoms with E-state index in [9.17, 15) is 9.36 Å². The van der Waals surface area contributed by atoms with Gasteiger partial charge in [0.25, 0.3) is 0 Å². The molecule has 0 amide bonds. The van der Waals surface area contributed by atoms with Crippen LogP contribution in [-0.2, 0) is 9.36 Å². The molecule has 0 heterocycles. The molecule has 0 saturated carbocycles. The van der Waals surface area contributed by atoms with Gasteiger partial charge in [0.1, 0.15) is 7.14 Å². The van der Waals surface area contributed by atoms with Crippen molar-refractivity contribution in [3.8, 4) is 0 Å². The number of carboxylic acids is 1. The molecule has 0 aliphatic carbocycles. The highest BCUT2D eigenvalue weighted by Crippen LogP contribution is 2.37. The first kappa shape index (κ1) is 8.44. The summed E-state index contributed by atoms with van der Waals surface area (Å²) in [7, 11) is -2.28. The predicted molar refractivity (Wildman–Crippen MR) is 36.2 cm³/mol. The minimum absolute atomic E-state index is 0.904. The maximum absolute atomic E-state index is 10.8. The second kappa shape index (κ2) is 2.83. The molecule has 52 valence electrons. The van der Waals surface area contributed by atoms with Crippen LogP contribution in [0.5, 0.6) is 0 Å². The van der Waals surface area contributed by atoms with Crippen LogP contribution in [0.15, 0.2) is 11.9 Å². The highest BCUT2D eigenvalue weighted by Gasteiger charge is 1.99. The average Bonchev–Trinajstić information content (AvgIpc) is 1.59. The van der Waals surface area contributed by atoms with Crippen molar-refractivity contribution >= 4 is 13.1 Å². The van der Waals surface area contributed by atoms with Crippen LogP contribution in [-0.4, -0.2) is 24.4 Å². The van der Waals surface area contributed by atoms with E-state index in [1.54, 1.807) is 0 Å². The third-order valence-electron chi connectivity index (χ3n) is 0.576. The van der Waals surface area contributed by atoms with Crippen LogP contribution in [0.3, 0.4) is 0 Å². The number of carboxylic acid groups (broad SMARTS) is 1. The first-order chi connectivity index (χ1) is 3.92. The van der Waals surface area contributed by atoms with Gasteiger partial charge in [-0.3, -0.25) is 0 Å². The third-order valence-corrected chi connectivity index (χ3v) is 1.44. The molecule has 0 aromatic rings. The van der Waals surface area contributed by atoms with Gasteiger partial charge in [-0.25, -0.2) is 4.79 Å². The smallest absolute Gasteiger partial charge is 0.328 e. The number of hydrogen-bond acceptors (Lipinski definition) is 2. The molecule has 0 aliphatic rings. The van der Waals surface area contributed by atoms with Crippen molar-refractivity contribution in [2.24, 2.45) is 0 Å². The van der Waals surface area contributed by atoms with Crippen molar-refractivity contribution in [2.75, 3.05) is 13.3 Å². The van der Waals surface area contributed by atoms with Crippen molar-refractivity contribution in [3.05, 3.63) is 11.9 Å². The zero-order chi connectivity index (χ0) is 7.49. The number of aliphatic carboxylic acids is 1. The third kappa shape index (κ3) is 7.44. The molecule has 3 nitrogen and oxygen atoms in total. The quantitative estimate of drug-likeness (QED) is 0.473. The summed E-state index contributed by atoms with van der Waals surface area (Å²) >= 11 is 0. The molecule has 0 atom stereocenters. The lowest BCUT2D eigenvalue weighted by atomic mass is 10.7. The lowest BCUT2D eigenvalue weighted by Gasteiger charge is -1.93. The Morgan fingerprint density at radius 3 is 2.11 bits per heavy atom. The van der Waals surface area contributed by atoms with Crippen molar-refractivity contribution in [1.82, 2.24) is 0 Å². The predicted octanol–water partition coefficient (Wildman–Crippen LogP) is 1.21. The van der Waals surface area contributed by atoms with E-state index >= 15 is 0 Å². The highest BCUT2D eigenvalue weighted by atomic mass is 31.2. The van der Waals surface area contributed by atoms with Crippen molar-refractivity contribution in [1.29, 1.82) is 0 Å². The van der Waals surface area contributed by atoms with Crippen molar-refractivity contribution < 1.29 is 14.5 Å². The zero-order valence-electron chi connectivity index (χ0n) is 5.37. The molecule has 0 unspecified atom stereocenters. The Hall–Kier alpha value is -0.560. The highest BCUT2D eigenvalue weighted by molar-refractivity contribution is 7.65. The molecule has 0 bridgehead atoms. The molecule has 9 heavy (non-hydrogen) atoms. The van der Waals surface area contributed by atoms with E-state index in [0.717, 1.165) is 6.08 Å². The molecule has 1 N–H and O–H groups in total. The van der Waals surface area contributed by atoms with Crippen molar-refractivity contribution in [2.45, 2.75) is 0 Å². The Morgan fingerprint density at radius 1 is 1.56 bits per heavy atom. The van der Waals surface area contributed by atoms with Crippen LogP contribution in [0.4, 0.5) is 0 Å². The van der Waals surface area contributed by atoms with E-state index in [-0.39, 0.29) is 0 Å². The van der Waals surface area contributed by atoms with Crippen LogP contribution < -0.4 is 0 Å². The van der Waals surface area contributed by atoms with Gasteiger partial charge in [-0.05, 0) is 19.1 Å². The van der Waals surface area contributed by atoms with Crippen LogP contribution >= 0.6 is 7.14 Å². The summed E-state index contributed by atoms with van der Waals surface area (Å²) in [6.45, 7) is 3.01. The monoisotopic (exact) mass is 148 g/mol. The number of carbonyl (C=O) groups is 1. The summed E-state index contributed by atoms with van der Waals surface area (Å²) in [6, 6.07) is 0. The maximum atomic E-state index is 10.8. The second-order valence-corrected chi connectivity index (χ2v) is 5.25. The van der Waals surface area contributed by atoms with E-state index in [1.165, 1.54) is 19.1 Å². The fourth-order valence-corrected chi connectivity index (χ4v) is 0.730.